The molecule has 2 rings (SSSR count). The van der Waals surface area contributed by atoms with Gasteiger partial charge in [0.15, 0.2) is 0 Å². The van der Waals surface area contributed by atoms with Gasteiger partial charge in [-0.15, -0.1) is 0 Å². The molecular formula is C16H13BrClN3O2. The first-order valence-electron chi connectivity index (χ1n) is 6.69. The van der Waals surface area contributed by atoms with Gasteiger partial charge >= 0.3 is 0 Å². The van der Waals surface area contributed by atoms with Crippen LogP contribution in [0, 0.1) is 25.2 Å². The minimum atomic E-state index is -0.464. The van der Waals surface area contributed by atoms with Gasteiger partial charge in [-0.2, -0.15) is 5.26 Å². The molecule has 0 saturated heterocycles. The zero-order valence-electron chi connectivity index (χ0n) is 12.5. The van der Waals surface area contributed by atoms with Crippen LogP contribution in [0.15, 0.2) is 33.5 Å². The Bertz CT molecular complexity index is 884. The fourth-order valence-corrected chi connectivity index (χ4v) is 2.60. The summed E-state index contributed by atoms with van der Waals surface area (Å²) < 4.78 is 2.00. The Kier molecular flexibility index (Phi) is 5.24. The second kappa shape index (κ2) is 6.99. The molecule has 1 aromatic carbocycles. The Labute approximate surface area is 146 Å². The van der Waals surface area contributed by atoms with Crippen LogP contribution < -0.4 is 10.9 Å². The molecule has 0 aliphatic heterocycles. The van der Waals surface area contributed by atoms with E-state index in [9.17, 15) is 9.59 Å². The summed E-state index contributed by atoms with van der Waals surface area (Å²) in [6, 6.07) is 8.61. The van der Waals surface area contributed by atoms with Crippen molar-refractivity contribution in [3.8, 4) is 6.07 Å². The summed E-state index contributed by atoms with van der Waals surface area (Å²) >= 11 is 9.25. The van der Waals surface area contributed by atoms with E-state index in [1.165, 1.54) is 4.57 Å². The number of amides is 1. The Hall–Kier alpha value is -2.10. The number of halogens is 2. The molecule has 1 N–H and O–H groups in total. The third kappa shape index (κ3) is 3.81. The molecule has 0 radical (unpaired) electrons. The van der Waals surface area contributed by atoms with E-state index in [0.29, 0.717) is 22.0 Å². The predicted octanol–water partition coefficient (Wildman–Crippen LogP) is 3.39. The summed E-state index contributed by atoms with van der Waals surface area (Å²) in [6.45, 7) is 3.24. The number of benzene rings is 1. The molecule has 1 aromatic heterocycles. The van der Waals surface area contributed by atoms with Crippen molar-refractivity contribution in [3.05, 3.63) is 60.9 Å². The SMILES string of the molecule is Cc1cc(C)n(CC(=O)Nc2ccc(Br)c(Cl)c2)c(=O)c1C#N. The van der Waals surface area contributed by atoms with E-state index >= 15 is 0 Å². The van der Waals surface area contributed by atoms with Gasteiger partial charge in [-0.25, -0.2) is 0 Å². The second-order valence-electron chi connectivity index (χ2n) is 5.02. The summed E-state index contributed by atoms with van der Waals surface area (Å²) in [5.74, 6) is -0.374. The van der Waals surface area contributed by atoms with Crippen LogP contribution in [0.1, 0.15) is 16.8 Å². The average molecular weight is 395 g/mol. The Morgan fingerprint density at radius 1 is 1.39 bits per heavy atom. The maximum absolute atomic E-state index is 12.3. The van der Waals surface area contributed by atoms with Crippen LogP contribution >= 0.6 is 27.5 Å². The quantitative estimate of drug-likeness (QED) is 0.867. The minimum Gasteiger partial charge on any atom is -0.324 e. The van der Waals surface area contributed by atoms with E-state index in [1.54, 1.807) is 38.1 Å². The van der Waals surface area contributed by atoms with Crippen molar-refractivity contribution in [1.29, 1.82) is 5.26 Å². The van der Waals surface area contributed by atoms with Gasteiger partial charge in [-0.1, -0.05) is 11.6 Å². The Balaban J connectivity index is 2.26. The van der Waals surface area contributed by atoms with Gasteiger partial charge in [0.25, 0.3) is 5.56 Å². The summed E-state index contributed by atoms with van der Waals surface area (Å²) in [5, 5.41) is 12.2. The van der Waals surface area contributed by atoms with Gasteiger partial charge in [0.05, 0.1) is 5.02 Å². The molecule has 0 saturated carbocycles. The molecule has 2 aromatic rings. The highest BCUT2D eigenvalue weighted by molar-refractivity contribution is 9.10. The Morgan fingerprint density at radius 3 is 2.70 bits per heavy atom. The lowest BCUT2D eigenvalue weighted by atomic mass is 10.1. The molecule has 1 amide bonds. The number of aryl methyl sites for hydroxylation is 2. The van der Waals surface area contributed by atoms with E-state index in [-0.39, 0.29) is 18.0 Å². The first kappa shape index (κ1) is 17.3. The molecule has 7 heteroatoms. The van der Waals surface area contributed by atoms with E-state index in [2.05, 4.69) is 21.2 Å². The number of carbonyl (C=O) groups is 1. The molecular weight excluding hydrogens is 382 g/mol. The highest BCUT2D eigenvalue weighted by Gasteiger charge is 2.13. The topological polar surface area (TPSA) is 74.9 Å². The van der Waals surface area contributed by atoms with Crippen molar-refractivity contribution in [2.24, 2.45) is 0 Å². The first-order chi connectivity index (χ1) is 10.8. The Morgan fingerprint density at radius 2 is 2.09 bits per heavy atom. The van der Waals surface area contributed by atoms with E-state index in [0.717, 1.165) is 4.47 Å². The number of rotatable bonds is 3. The molecule has 5 nitrogen and oxygen atoms in total. The van der Waals surface area contributed by atoms with Crippen LogP contribution in [0.2, 0.25) is 5.02 Å². The number of hydrogen-bond acceptors (Lipinski definition) is 3. The number of pyridine rings is 1. The van der Waals surface area contributed by atoms with Gasteiger partial charge in [-0.3, -0.25) is 9.59 Å². The zero-order chi connectivity index (χ0) is 17.1. The monoisotopic (exact) mass is 393 g/mol. The van der Waals surface area contributed by atoms with Crippen LogP contribution in [0.25, 0.3) is 0 Å². The van der Waals surface area contributed by atoms with Crippen LogP contribution in [-0.2, 0) is 11.3 Å². The third-order valence-electron chi connectivity index (χ3n) is 3.32. The highest BCUT2D eigenvalue weighted by Crippen LogP contribution is 2.25. The highest BCUT2D eigenvalue weighted by atomic mass is 79.9. The minimum absolute atomic E-state index is 0.0510. The molecule has 0 atom stereocenters. The standard InChI is InChI=1S/C16H13BrClN3O2/c1-9-5-10(2)21(16(23)12(9)7-19)8-15(22)20-11-3-4-13(17)14(18)6-11/h3-6H,8H2,1-2H3,(H,20,22). The normalized spacial score (nSPS) is 10.2. The number of nitriles is 1. The van der Waals surface area contributed by atoms with Crippen molar-refractivity contribution < 1.29 is 4.79 Å². The lowest BCUT2D eigenvalue weighted by molar-refractivity contribution is -0.116. The van der Waals surface area contributed by atoms with E-state index in [1.807, 2.05) is 6.07 Å². The van der Waals surface area contributed by atoms with Crippen LogP contribution in [0.3, 0.4) is 0 Å². The molecule has 23 heavy (non-hydrogen) atoms. The van der Waals surface area contributed by atoms with Crippen molar-refractivity contribution in [2.75, 3.05) is 5.32 Å². The average Bonchev–Trinajstić information content (AvgIpc) is 2.47. The molecule has 0 aliphatic rings. The fraction of sp³-hybridized carbons (Fsp3) is 0.188. The van der Waals surface area contributed by atoms with E-state index < -0.39 is 5.56 Å². The zero-order valence-corrected chi connectivity index (χ0v) is 14.8. The van der Waals surface area contributed by atoms with Crippen molar-refractivity contribution in [3.63, 3.8) is 0 Å². The lowest BCUT2D eigenvalue weighted by Crippen LogP contribution is -2.31. The number of nitrogens with zero attached hydrogens (tertiary/aromatic N) is 2. The van der Waals surface area contributed by atoms with Crippen molar-refractivity contribution in [1.82, 2.24) is 4.57 Å². The van der Waals surface area contributed by atoms with Crippen LogP contribution in [0.4, 0.5) is 5.69 Å². The number of carbonyl (C=O) groups excluding carboxylic acids is 1. The van der Waals surface area contributed by atoms with Gasteiger partial charge in [0, 0.05) is 15.9 Å². The summed E-state index contributed by atoms with van der Waals surface area (Å²) in [4.78, 5) is 24.4. The second-order valence-corrected chi connectivity index (χ2v) is 6.29. The number of hydrogen-bond donors (Lipinski definition) is 1. The smallest absolute Gasteiger partial charge is 0.269 e. The third-order valence-corrected chi connectivity index (χ3v) is 4.55. The number of nitrogens with one attached hydrogen (secondary N) is 1. The first-order valence-corrected chi connectivity index (χ1v) is 7.86. The molecule has 0 bridgehead atoms. The van der Waals surface area contributed by atoms with Gasteiger partial charge in [0.1, 0.15) is 18.2 Å². The largest absolute Gasteiger partial charge is 0.324 e. The molecule has 0 fully saturated rings. The van der Waals surface area contributed by atoms with Gasteiger partial charge in [-0.05, 0) is 59.6 Å². The maximum atomic E-state index is 12.3. The van der Waals surface area contributed by atoms with Crippen molar-refractivity contribution in [2.45, 2.75) is 20.4 Å². The number of aromatic nitrogens is 1. The fourth-order valence-electron chi connectivity index (χ4n) is 2.18. The van der Waals surface area contributed by atoms with Crippen LogP contribution in [-0.4, -0.2) is 10.5 Å². The lowest BCUT2D eigenvalue weighted by Gasteiger charge is -2.12. The van der Waals surface area contributed by atoms with Crippen LogP contribution in [0.5, 0.6) is 0 Å². The molecule has 0 spiro atoms. The molecule has 0 unspecified atom stereocenters. The molecule has 0 aliphatic carbocycles. The van der Waals surface area contributed by atoms with Crippen molar-refractivity contribution >= 4 is 39.1 Å². The predicted molar refractivity (Wildman–Crippen MR) is 92.7 cm³/mol. The summed E-state index contributed by atoms with van der Waals surface area (Å²) in [7, 11) is 0. The van der Waals surface area contributed by atoms with E-state index in [4.69, 9.17) is 16.9 Å². The van der Waals surface area contributed by atoms with Gasteiger partial charge < -0.3 is 9.88 Å². The molecule has 118 valence electrons. The summed E-state index contributed by atoms with van der Waals surface area (Å²) in [5.41, 5.74) is 1.34. The molecule has 1 heterocycles. The maximum Gasteiger partial charge on any atom is 0.269 e. The number of anilines is 1. The van der Waals surface area contributed by atoms with Gasteiger partial charge in [0.2, 0.25) is 5.91 Å². The summed E-state index contributed by atoms with van der Waals surface area (Å²) in [6.07, 6.45) is 0.